The number of fused-ring (bicyclic) bond motifs is 2. The minimum atomic E-state index is -0.530. The van der Waals surface area contributed by atoms with Crippen LogP contribution in [-0.4, -0.2) is 54.4 Å². The number of aryl methyl sites for hydroxylation is 2. The predicted molar refractivity (Wildman–Crippen MR) is 132 cm³/mol. The van der Waals surface area contributed by atoms with Gasteiger partial charge in [-0.25, -0.2) is 9.18 Å². The molecule has 4 aromatic rings. The van der Waals surface area contributed by atoms with Crippen LogP contribution in [0.3, 0.4) is 0 Å². The summed E-state index contributed by atoms with van der Waals surface area (Å²) in [7, 11) is 1.83. The van der Waals surface area contributed by atoms with E-state index in [1.165, 1.54) is 6.07 Å². The molecule has 0 atom stereocenters. The average molecular weight is 480 g/mol. The number of carbonyl (C=O) groups is 1. The maximum absolute atomic E-state index is 15.1. The zero-order valence-corrected chi connectivity index (χ0v) is 20.7. The fraction of sp³-hybridized carbons (Fsp3) is 0.423. The third-order valence-corrected chi connectivity index (χ3v) is 6.50. The second-order valence-electron chi connectivity index (χ2n) is 10.3. The van der Waals surface area contributed by atoms with Crippen molar-refractivity contribution in [3.8, 4) is 16.9 Å². The first-order valence-electron chi connectivity index (χ1n) is 11.8. The molecule has 5 rings (SSSR count). The molecular formula is C26H30FN5O3. The lowest BCUT2D eigenvalue weighted by molar-refractivity contribution is 0.0185. The van der Waals surface area contributed by atoms with Gasteiger partial charge in [-0.1, -0.05) is 0 Å². The van der Waals surface area contributed by atoms with Gasteiger partial charge in [0.15, 0.2) is 5.82 Å². The maximum atomic E-state index is 15.1. The molecule has 1 N–H and O–H groups in total. The smallest absolute Gasteiger partial charge is 0.410 e. The van der Waals surface area contributed by atoms with Gasteiger partial charge in [0.05, 0.1) is 11.6 Å². The summed E-state index contributed by atoms with van der Waals surface area (Å²) in [6.07, 6.45) is 4.83. The minimum Gasteiger partial charge on any atom is -0.507 e. The number of phenolic OH excluding ortho intramolecular Hbond substituents is 1. The summed E-state index contributed by atoms with van der Waals surface area (Å²) in [4.78, 5) is 14.1. The van der Waals surface area contributed by atoms with Crippen molar-refractivity contribution in [3.63, 3.8) is 0 Å². The molecule has 0 spiro atoms. The molecule has 1 amide bonds. The van der Waals surface area contributed by atoms with Crippen molar-refractivity contribution in [2.45, 2.75) is 52.2 Å². The highest BCUT2D eigenvalue weighted by Gasteiger charge is 2.28. The van der Waals surface area contributed by atoms with Crippen molar-refractivity contribution in [2.75, 3.05) is 13.1 Å². The molecule has 0 unspecified atom stereocenters. The molecule has 35 heavy (non-hydrogen) atoms. The van der Waals surface area contributed by atoms with Crippen LogP contribution < -0.4 is 0 Å². The Morgan fingerprint density at radius 2 is 1.77 bits per heavy atom. The molecule has 2 aromatic carbocycles. The molecule has 1 aliphatic rings. The number of nitrogens with zero attached hydrogens (tertiary/aromatic N) is 5. The van der Waals surface area contributed by atoms with E-state index in [1.807, 2.05) is 59.3 Å². The van der Waals surface area contributed by atoms with Crippen LogP contribution in [0.15, 0.2) is 30.6 Å². The summed E-state index contributed by atoms with van der Waals surface area (Å²) >= 11 is 0. The van der Waals surface area contributed by atoms with Crippen LogP contribution >= 0.6 is 0 Å². The number of piperidine rings is 1. The van der Waals surface area contributed by atoms with Gasteiger partial charge in [-0.3, -0.25) is 9.36 Å². The fourth-order valence-corrected chi connectivity index (χ4v) is 4.76. The van der Waals surface area contributed by atoms with Crippen molar-refractivity contribution in [3.05, 3.63) is 42.0 Å². The van der Waals surface area contributed by atoms with Gasteiger partial charge < -0.3 is 14.7 Å². The van der Waals surface area contributed by atoms with E-state index < -0.39 is 11.4 Å². The molecule has 0 bridgehead atoms. The first-order valence-corrected chi connectivity index (χ1v) is 11.8. The predicted octanol–water partition coefficient (Wildman–Crippen LogP) is 5.32. The number of amides is 1. The normalized spacial score (nSPS) is 15.3. The first kappa shape index (κ1) is 23.1. The fourth-order valence-electron chi connectivity index (χ4n) is 4.76. The number of rotatable bonds is 2. The largest absolute Gasteiger partial charge is 0.507 e. The molecule has 3 heterocycles. The number of benzene rings is 2. The van der Waals surface area contributed by atoms with Crippen molar-refractivity contribution < 1.29 is 19.0 Å². The Kier molecular flexibility index (Phi) is 5.45. The second-order valence-corrected chi connectivity index (χ2v) is 10.3. The van der Waals surface area contributed by atoms with E-state index >= 15 is 4.39 Å². The van der Waals surface area contributed by atoms with E-state index in [9.17, 15) is 9.90 Å². The molecule has 1 saturated heterocycles. The Balaban J connectivity index is 1.42. The lowest BCUT2D eigenvalue weighted by atomic mass is 9.98. The van der Waals surface area contributed by atoms with Gasteiger partial charge in [-0.2, -0.15) is 10.2 Å². The molecule has 8 nitrogen and oxygen atoms in total. The zero-order valence-electron chi connectivity index (χ0n) is 20.7. The quantitative estimate of drug-likeness (QED) is 0.421. The van der Waals surface area contributed by atoms with E-state index in [4.69, 9.17) is 4.74 Å². The number of likely N-dealkylation sites (tertiary alicyclic amines) is 1. The van der Waals surface area contributed by atoms with Crippen LogP contribution in [0, 0.1) is 12.7 Å². The number of hydrogen-bond acceptors (Lipinski definition) is 5. The van der Waals surface area contributed by atoms with Gasteiger partial charge in [0.1, 0.15) is 16.9 Å². The number of halogens is 1. The monoisotopic (exact) mass is 479 g/mol. The molecule has 1 fully saturated rings. The van der Waals surface area contributed by atoms with Crippen molar-refractivity contribution in [2.24, 2.45) is 7.05 Å². The molecule has 0 radical (unpaired) electrons. The van der Waals surface area contributed by atoms with Gasteiger partial charge in [0, 0.05) is 54.4 Å². The van der Waals surface area contributed by atoms with E-state index in [-0.39, 0.29) is 17.9 Å². The van der Waals surface area contributed by atoms with Gasteiger partial charge in [-0.05, 0) is 64.3 Å². The molecular weight excluding hydrogens is 449 g/mol. The van der Waals surface area contributed by atoms with E-state index in [1.54, 1.807) is 14.3 Å². The Morgan fingerprint density at radius 3 is 2.46 bits per heavy atom. The Hall–Kier alpha value is -3.62. The zero-order chi connectivity index (χ0) is 25.1. The highest BCUT2D eigenvalue weighted by Crippen LogP contribution is 2.38. The summed E-state index contributed by atoms with van der Waals surface area (Å²) in [5, 5.41) is 21.3. The number of carbonyl (C=O) groups excluding carboxylic acids is 1. The average Bonchev–Trinajstić information content (AvgIpc) is 3.39. The van der Waals surface area contributed by atoms with Crippen LogP contribution in [0.1, 0.15) is 45.2 Å². The highest BCUT2D eigenvalue weighted by molar-refractivity contribution is 5.93. The number of ether oxygens (including phenoxy) is 1. The van der Waals surface area contributed by atoms with E-state index in [0.717, 1.165) is 10.9 Å². The summed E-state index contributed by atoms with van der Waals surface area (Å²) in [5.74, 6) is -0.345. The molecule has 0 saturated carbocycles. The maximum Gasteiger partial charge on any atom is 0.410 e. The van der Waals surface area contributed by atoms with Crippen molar-refractivity contribution in [1.29, 1.82) is 0 Å². The van der Waals surface area contributed by atoms with Crippen molar-refractivity contribution >= 4 is 27.9 Å². The number of aromatic hydroxyl groups is 1. The minimum absolute atomic E-state index is 0.0614. The van der Waals surface area contributed by atoms with Crippen LogP contribution in [0.4, 0.5) is 9.18 Å². The van der Waals surface area contributed by atoms with Crippen LogP contribution in [0.25, 0.3) is 32.9 Å². The third-order valence-electron chi connectivity index (χ3n) is 6.50. The first-order chi connectivity index (χ1) is 16.5. The summed E-state index contributed by atoms with van der Waals surface area (Å²) in [5.41, 5.74) is 2.29. The molecule has 9 heteroatoms. The topological polar surface area (TPSA) is 85.4 Å². The van der Waals surface area contributed by atoms with Gasteiger partial charge >= 0.3 is 6.09 Å². The Morgan fingerprint density at radius 1 is 1.09 bits per heavy atom. The molecule has 0 aliphatic carbocycles. The standard InChI is InChI=1S/C26H30FN5O3/c1-15-22-18(13-30(5)28-22)11-20(24(15)33)16-10-17-14-32(29-23(17)21(27)12-16)19-6-8-31(9-7-19)25(34)35-26(2,3)4/h10-14,19,33H,6-9H2,1-5H3. The third kappa shape index (κ3) is 4.31. The molecule has 2 aromatic heterocycles. The lowest BCUT2D eigenvalue weighted by Gasteiger charge is -2.33. The van der Waals surface area contributed by atoms with Gasteiger partial charge in [-0.15, -0.1) is 0 Å². The van der Waals surface area contributed by atoms with Gasteiger partial charge in [0.25, 0.3) is 0 Å². The number of phenols is 1. The Bertz CT molecular complexity index is 1440. The lowest BCUT2D eigenvalue weighted by Crippen LogP contribution is -2.42. The summed E-state index contributed by atoms with van der Waals surface area (Å²) in [6.45, 7) is 8.48. The van der Waals surface area contributed by atoms with Gasteiger partial charge in [0.2, 0.25) is 0 Å². The second kappa shape index (κ2) is 8.25. The SMILES string of the molecule is Cc1c(O)c(-c2cc(F)c3nn(C4CCN(C(=O)OC(C)(C)C)CC4)cc3c2)cc2cn(C)nc12. The van der Waals surface area contributed by atoms with E-state index in [2.05, 4.69) is 10.2 Å². The molecule has 184 valence electrons. The summed E-state index contributed by atoms with van der Waals surface area (Å²) < 4.78 is 24.1. The van der Waals surface area contributed by atoms with Crippen LogP contribution in [-0.2, 0) is 11.8 Å². The summed E-state index contributed by atoms with van der Waals surface area (Å²) in [6, 6.07) is 5.17. The molecule has 1 aliphatic heterocycles. The van der Waals surface area contributed by atoms with Crippen LogP contribution in [0.5, 0.6) is 5.75 Å². The van der Waals surface area contributed by atoms with E-state index in [0.29, 0.717) is 53.5 Å². The van der Waals surface area contributed by atoms with Crippen LogP contribution in [0.2, 0.25) is 0 Å². The number of aromatic nitrogens is 4. The van der Waals surface area contributed by atoms with Crippen molar-refractivity contribution in [1.82, 2.24) is 24.5 Å². The highest BCUT2D eigenvalue weighted by atomic mass is 19.1. The Labute approximate surface area is 202 Å². The number of hydrogen-bond donors (Lipinski definition) is 1.